The lowest BCUT2D eigenvalue weighted by Gasteiger charge is -2.23. The number of ketones is 1. The number of allylic oxidation sites excluding steroid dienone is 5. The van der Waals surface area contributed by atoms with Gasteiger partial charge in [-0.1, -0.05) is 26.0 Å². The molecule has 0 bridgehead atoms. The summed E-state index contributed by atoms with van der Waals surface area (Å²) in [5.74, 6) is 2.00. The van der Waals surface area contributed by atoms with Gasteiger partial charge in [-0.3, -0.25) is 4.79 Å². The van der Waals surface area contributed by atoms with E-state index in [1.165, 1.54) is 5.57 Å². The first kappa shape index (κ1) is 12.2. The molecule has 0 amide bonds. The van der Waals surface area contributed by atoms with Crippen LogP contribution >= 0.6 is 0 Å². The zero-order valence-corrected chi connectivity index (χ0v) is 11.0. The second kappa shape index (κ2) is 4.17. The smallest absolute Gasteiger partial charge is 0.147 e. The molecule has 0 spiro atoms. The molecule has 2 nitrogen and oxygen atoms in total. The van der Waals surface area contributed by atoms with Gasteiger partial charge in [0.05, 0.1) is 12.5 Å². The minimum absolute atomic E-state index is 0.324. The number of hydrogen-bond donors (Lipinski definition) is 0. The lowest BCUT2D eigenvalue weighted by Crippen LogP contribution is -2.21. The van der Waals surface area contributed by atoms with Crippen LogP contribution in [0, 0.1) is 17.3 Å². The van der Waals surface area contributed by atoms with Crippen LogP contribution in [0.15, 0.2) is 35.6 Å². The maximum atomic E-state index is 12.2. The summed E-state index contributed by atoms with van der Waals surface area (Å²) in [6.07, 6.45) is 8.61. The second-order valence-corrected chi connectivity index (χ2v) is 5.41. The van der Waals surface area contributed by atoms with Gasteiger partial charge in [0.1, 0.15) is 11.5 Å². The lowest BCUT2D eigenvalue weighted by atomic mass is 9.79. The number of hydrogen-bond acceptors (Lipinski definition) is 2. The fraction of sp³-hybridized carbons (Fsp3) is 0.533. The molecule has 1 fully saturated rings. The van der Waals surface area contributed by atoms with Crippen LogP contribution in [-0.2, 0) is 9.53 Å². The molecule has 2 aliphatic carbocycles. The molecule has 0 saturated heterocycles. The SMILES string of the molecule is COC1=CC=C2[C@@H](C(C)C)CC(=O)[C@@]2(C)C=C1. The van der Waals surface area contributed by atoms with Gasteiger partial charge in [0.2, 0.25) is 0 Å². The molecule has 2 atom stereocenters. The van der Waals surface area contributed by atoms with Crippen LogP contribution in [-0.4, -0.2) is 12.9 Å². The van der Waals surface area contributed by atoms with Gasteiger partial charge in [-0.15, -0.1) is 0 Å². The van der Waals surface area contributed by atoms with Crippen molar-refractivity contribution in [2.24, 2.45) is 17.3 Å². The summed E-state index contributed by atoms with van der Waals surface area (Å²) >= 11 is 0. The van der Waals surface area contributed by atoms with Gasteiger partial charge in [-0.2, -0.15) is 0 Å². The fourth-order valence-electron chi connectivity index (χ4n) is 2.76. The van der Waals surface area contributed by atoms with Crippen molar-refractivity contribution in [1.82, 2.24) is 0 Å². The standard InChI is InChI=1S/C15H20O2/c1-10(2)12-9-14(16)15(3)8-7-11(17-4)5-6-13(12)15/h5-8,10,12H,9H2,1-4H3/t12-,15+/m1/s1. The first-order valence-electron chi connectivity index (χ1n) is 6.18. The number of fused-ring (bicyclic) bond motifs is 1. The largest absolute Gasteiger partial charge is 0.497 e. The highest BCUT2D eigenvalue weighted by Gasteiger charge is 2.46. The lowest BCUT2D eigenvalue weighted by molar-refractivity contribution is -0.122. The molecule has 2 rings (SSSR count). The number of rotatable bonds is 2. The molecule has 0 radical (unpaired) electrons. The molecule has 0 heterocycles. The molecule has 2 heteroatoms. The first-order chi connectivity index (χ1) is 7.99. The van der Waals surface area contributed by atoms with Crippen LogP contribution in [0.4, 0.5) is 0 Å². The average Bonchev–Trinajstić information content (AvgIpc) is 2.45. The Hall–Kier alpha value is -1.31. The number of Topliss-reactive ketones (excluding diaryl/α,β-unsaturated/α-hetero) is 1. The number of carbonyl (C=O) groups is 1. The second-order valence-electron chi connectivity index (χ2n) is 5.41. The maximum Gasteiger partial charge on any atom is 0.147 e. The van der Waals surface area contributed by atoms with Crippen LogP contribution in [0.5, 0.6) is 0 Å². The number of methoxy groups -OCH3 is 1. The Bertz CT molecular complexity index is 426. The van der Waals surface area contributed by atoms with Crippen molar-refractivity contribution in [2.45, 2.75) is 27.2 Å². The summed E-state index contributed by atoms with van der Waals surface area (Å²) in [5.41, 5.74) is 0.812. The van der Waals surface area contributed by atoms with Gasteiger partial charge in [-0.25, -0.2) is 0 Å². The van der Waals surface area contributed by atoms with Gasteiger partial charge in [0, 0.05) is 6.42 Å². The molecule has 17 heavy (non-hydrogen) atoms. The highest BCUT2D eigenvalue weighted by molar-refractivity contribution is 5.93. The zero-order valence-electron chi connectivity index (χ0n) is 11.0. The van der Waals surface area contributed by atoms with Crippen LogP contribution < -0.4 is 0 Å². The van der Waals surface area contributed by atoms with Crippen molar-refractivity contribution in [3.63, 3.8) is 0 Å². The summed E-state index contributed by atoms with van der Waals surface area (Å²) in [5, 5.41) is 0. The summed E-state index contributed by atoms with van der Waals surface area (Å²) in [4.78, 5) is 12.2. The van der Waals surface area contributed by atoms with Crippen molar-refractivity contribution in [2.75, 3.05) is 7.11 Å². The summed E-state index contributed by atoms with van der Waals surface area (Å²) < 4.78 is 5.23. The van der Waals surface area contributed by atoms with Gasteiger partial charge in [-0.05, 0) is 36.5 Å². The monoisotopic (exact) mass is 232 g/mol. The Labute approximate surface area is 103 Å². The van der Waals surface area contributed by atoms with E-state index in [0.29, 0.717) is 24.0 Å². The minimum atomic E-state index is -0.425. The van der Waals surface area contributed by atoms with E-state index in [9.17, 15) is 4.79 Å². The summed E-state index contributed by atoms with van der Waals surface area (Å²) in [7, 11) is 1.65. The molecular formula is C15H20O2. The predicted octanol–water partition coefficient (Wildman–Crippen LogP) is 3.26. The van der Waals surface area contributed by atoms with E-state index < -0.39 is 5.41 Å². The van der Waals surface area contributed by atoms with Gasteiger partial charge in [0.15, 0.2) is 0 Å². The number of carbonyl (C=O) groups excluding carboxylic acids is 1. The van der Waals surface area contributed by atoms with E-state index >= 15 is 0 Å². The third-order valence-corrected chi connectivity index (χ3v) is 4.03. The molecule has 92 valence electrons. The van der Waals surface area contributed by atoms with Crippen molar-refractivity contribution < 1.29 is 9.53 Å². The van der Waals surface area contributed by atoms with E-state index in [0.717, 1.165) is 5.76 Å². The quantitative estimate of drug-likeness (QED) is 0.730. The van der Waals surface area contributed by atoms with Crippen LogP contribution in [0.2, 0.25) is 0 Å². The first-order valence-corrected chi connectivity index (χ1v) is 6.18. The Kier molecular flexibility index (Phi) is 2.98. The van der Waals surface area contributed by atoms with E-state index in [4.69, 9.17) is 4.74 Å². The molecule has 0 aromatic rings. The van der Waals surface area contributed by atoms with Gasteiger partial charge < -0.3 is 4.74 Å². The van der Waals surface area contributed by atoms with Crippen molar-refractivity contribution in [3.8, 4) is 0 Å². The van der Waals surface area contributed by atoms with Crippen LogP contribution in [0.3, 0.4) is 0 Å². The van der Waals surface area contributed by atoms with E-state index in [2.05, 4.69) is 19.9 Å². The third-order valence-electron chi connectivity index (χ3n) is 4.03. The molecule has 0 aromatic carbocycles. The summed E-state index contributed by atoms with van der Waals surface area (Å²) in [6, 6.07) is 0. The summed E-state index contributed by atoms with van der Waals surface area (Å²) in [6.45, 7) is 6.38. The van der Waals surface area contributed by atoms with Crippen molar-refractivity contribution in [1.29, 1.82) is 0 Å². The average molecular weight is 232 g/mol. The molecule has 0 aromatic heterocycles. The Morgan fingerprint density at radius 1 is 1.41 bits per heavy atom. The predicted molar refractivity (Wildman–Crippen MR) is 68.4 cm³/mol. The van der Waals surface area contributed by atoms with E-state index in [1.54, 1.807) is 7.11 Å². The Morgan fingerprint density at radius 2 is 2.12 bits per heavy atom. The van der Waals surface area contributed by atoms with Gasteiger partial charge >= 0.3 is 0 Å². The van der Waals surface area contributed by atoms with Crippen LogP contribution in [0.1, 0.15) is 27.2 Å². The highest BCUT2D eigenvalue weighted by atomic mass is 16.5. The van der Waals surface area contributed by atoms with Crippen molar-refractivity contribution >= 4 is 5.78 Å². The molecule has 0 aliphatic heterocycles. The molecule has 1 saturated carbocycles. The fourth-order valence-corrected chi connectivity index (χ4v) is 2.76. The minimum Gasteiger partial charge on any atom is -0.497 e. The molecule has 0 N–H and O–H groups in total. The Morgan fingerprint density at radius 3 is 2.71 bits per heavy atom. The van der Waals surface area contributed by atoms with E-state index in [-0.39, 0.29) is 0 Å². The van der Waals surface area contributed by atoms with Crippen molar-refractivity contribution in [3.05, 3.63) is 35.6 Å². The highest BCUT2D eigenvalue weighted by Crippen LogP contribution is 2.48. The third kappa shape index (κ3) is 1.86. The topological polar surface area (TPSA) is 26.3 Å². The Balaban J connectivity index is 2.47. The zero-order chi connectivity index (χ0) is 12.6. The van der Waals surface area contributed by atoms with E-state index in [1.807, 2.05) is 25.2 Å². The number of ether oxygens (including phenoxy) is 1. The van der Waals surface area contributed by atoms with Crippen LogP contribution in [0.25, 0.3) is 0 Å². The normalized spacial score (nSPS) is 32.1. The molecule has 2 aliphatic rings. The molecular weight excluding hydrogens is 212 g/mol. The van der Waals surface area contributed by atoms with Gasteiger partial charge in [0.25, 0.3) is 0 Å². The molecule has 0 unspecified atom stereocenters. The maximum absolute atomic E-state index is 12.2.